The molecule has 0 fully saturated rings. The molecule has 0 aliphatic rings. The third-order valence-corrected chi connectivity index (χ3v) is 2.20. The van der Waals surface area contributed by atoms with Gasteiger partial charge >= 0.3 is 0 Å². The number of carbonyl (C=O) groups excluding carboxylic acids is 1. The van der Waals surface area contributed by atoms with Gasteiger partial charge in [0.2, 0.25) is 5.01 Å². The van der Waals surface area contributed by atoms with Crippen molar-refractivity contribution >= 4 is 17.3 Å². The molecule has 1 aromatic heterocycles. The third-order valence-electron chi connectivity index (χ3n) is 1.54. The molecule has 4 nitrogen and oxygen atoms in total. The van der Waals surface area contributed by atoms with Crippen LogP contribution in [0.15, 0.2) is 0 Å². The average Bonchev–Trinajstić information content (AvgIpc) is 2.52. The van der Waals surface area contributed by atoms with E-state index in [0.717, 1.165) is 11.5 Å². The zero-order valence-electron chi connectivity index (χ0n) is 7.44. The Morgan fingerprint density at radius 2 is 2.38 bits per heavy atom. The molecule has 0 saturated carbocycles. The monoisotopic (exact) mass is 195 g/mol. The number of hydrogen-bond donors (Lipinski definition) is 0. The second kappa shape index (κ2) is 4.10. The molecule has 0 radical (unpaired) electrons. The molecule has 1 aromatic rings. The van der Waals surface area contributed by atoms with Crippen LogP contribution in [-0.4, -0.2) is 15.1 Å². The maximum Gasteiger partial charge on any atom is 0.214 e. The topological polar surface area (TPSA) is 66.6 Å². The quantitative estimate of drug-likeness (QED) is 0.726. The Kier molecular flexibility index (Phi) is 3.09. The first-order valence-corrected chi connectivity index (χ1v) is 4.66. The van der Waals surface area contributed by atoms with Gasteiger partial charge in [0.15, 0.2) is 5.82 Å². The Hall–Kier alpha value is -1.28. The Labute approximate surface area is 80.4 Å². The molecule has 0 atom stereocenters. The maximum atomic E-state index is 11.3. The summed E-state index contributed by atoms with van der Waals surface area (Å²) in [5, 5.41) is 8.78. The summed E-state index contributed by atoms with van der Waals surface area (Å²) < 4.78 is 3.90. The van der Waals surface area contributed by atoms with Crippen molar-refractivity contribution < 1.29 is 4.79 Å². The van der Waals surface area contributed by atoms with Gasteiger partial charge in [-0.25, -0.2) is 4.98 Å². The summed E-state index contributed by atoms with van der Waals surface area (Å²) in [5.41, 5.74) is 0. The van der Waals surface area contributed by atoms with Crippen LogP contribution >= 0.6 is 11.5 Å². The first-order chi connectivity index (χ1) is 6.13. The van der Waals surface area contributed by atoms with Crippen LogP contribution in [0, 0.1) is 17.2 Å². The third kappa shape index (κ3) is 2.60. The number of rotatable bonds is 3. The first-order valence-electron chi connectivity index (χ1n) is 3.89. The van der Waals surface area contributed by atoms with Gasteiger partial charge in [0.1, 0.15) is 11.9 Å². The second-order valence-electron chi connectivity index (χ2n) is 2.93. The van der Waals surface area contributed by atoms with Gasteiger partial charge in [0.25, 0.3) is 0 Å². The fourth-order valence-corrected chi connectivity index (χ4v) is 1.22. The van der Waals surface area contributed by atoms with E-state index in [-0.39, 0.29) is 18.1 Å². The van der Waals surface area contributed by atoms with Crippen LogP contribution in [0.3, 0.4) is 0 Å². The van der Waals surface area contributed by atoms with E-state index in [4.69, 9.17) is 5.26 Å². The molecule has 68 valence electrons. The molecule has 5 heteroatoms. The molecule has 0 bridgehead atoms. The second-order valence-corrected chi connectivity index (χ2v) is 3.68. The van der Waals surface area contributed by atoms with Gasteiger partial charge in [-0.2, -0.15) is 9.64 Å². The molecule has 0 unspecified atom stereocenters. The van der Waals surface area contributed by atoms with Crippen molar-refractivity contribution in [2.45, 2.75) is 20.3 Å². The van der Waals surface area contributed by atoms with E-state index < -0.39 is 0 Å². The molecule has 0 aliphatic heterocycles. The van der Waals surface area contributed by atoms with Crippen molar-refractivity contribution in [1.82, 2.24) is 9.36 Å². The Morgan fingerprint density at radius 3 is 2.85 bits per heavy atom. The van der Waals surface area contributed by atoms with Gasteiger partial charge in [-0.15, -0.1) is 0 Å². The van der Waals surface area contributed by atoms with Crippen LogP contribution < -0.4 is 0 Å². The Morgan fingerprint density at radius 1 is 1.69 bits per heavy atom. The van der Waals surface area contributed by atoms with Gasteiger partial charge in [0, 0.05) is 5.92 Å². The molecule has 0 N–H and O–H groups in total. The molecular weight excluding hydrogens is 186 g/mol. The number of Topliss-reactive ketones (excluding diaryl/α,β-unsaturated/α-hetero) is 1. The number of aromatic nitrogens is 2. The number of nitrogens with zero attached hydrogens (tertiary/aromatic N) is 3. The van der Waals surface area contributed by atoms with Gasteiger partial charge in [-0.3, -0.25) is 4.79 Å². The number of carbonyl (C=O) groups is 1. The van der Waals surface area contributed by atoms with E-state index >= 15 is 0 Å². The van der Waals surface area contributed by atoms with Crippen LogP contribution in [0.4, 0.5) is 0 Å². The highest BCUT2D eigenvalue weighted by molar-refractivity contribution is 7.06. The zero-order chi connectivity index (χ0) is 9.84. The minimum Gasteiger partial charge on any atom is -0.299 e. The van der Waals surface area contributed by atoms with E-state index in [2.05, 4.69) is 9.36 Å². The molecule has 1 heterocycles. The molecule has 0 amide bonds. The van der Waals surface area contributed by atoms with Crippen molar-refractivity contribution in [2.75, 3.05) is 0 Å². The fourth-order valence-electron chi connectivity index (χ4n) is 0.731. The number of nitriles is 1. The predicted molar refractivity (Wildman–Crippen MR) is 48.2 cm³/mol. The lowest BCUT2D eigenvalue weighted by Gasteiger charge is -1.98. The number of hydrogen-bond acceptors (Lipinski definition) is 5. The standard InChI is InChI=1S/C8H9N3OS/c1-5(2)6(12)3-7-10-8(4-9)13-11-7/h5H,3H2,1-2H3. The van der Waals surface area contributed by atoms with Crippen molar-refractivity contribution in [1.29, 1.82) is 5.26 Å². The predicted octanol–water partition coefficient (Wildman–Crippen LogP) is 1.18. The van der Waals surface area contributed by atoms with Crippen LogP contribution in [0.1, 0.15) is 24.7 Å². The van der Waals surface area contributed by atoms with E-state index in [1.54, 1.807) is 0 Å². The molecule has 0 aliphatic carbocycles. The maximum absolute atomic E-state index is 11.3. The lowest BCUT2D eigenvalue weighted by atomic mass is 10.1. The SMILES string of the molecule is CC(C)C(=O)Cc1nsc(C#N)n1. The highest BCUT2D eigenvalue weighted by Crippen LogP contribution is 2.06. The minimum atomic E-state index is -0.00552. The largest absolute Gasteiger partial charge is 0.299 e. The van der Waals surface area contributed by atoms with Crippen molar-refractivity contribution in [3.63, 3.8) is 0 Å². The Bertz CT molecular complexity index is 351. The highest BCUT2D eigenvalue weighted by Gasteiger charge is 2.11. The van der Waals surface area contributed by atoms with Crippen LogP contribution in [0.5, 0.6) is 0 Å². The summed E-state index contributed by atoms with van der Waals surface area (Å²) in [6.45, 7) is 3.67. The van der Waals surface area contributed by atoms with Crippen LogP contribution in [0.2, 0.25) is 0 Å². The van der Waals surface area contributed by atoms with E-state index in [1.165, 1.54) is 0 Å². The molecule has 0 aromatic carbocycles. The Balaban J connectivity index is 2.65. The van der Waals surface area contributed by atoms with Crippen LogP contribution in [0.25, 0.3) is 0 Å². The van der Waals surface area contributed by atoms with Crippen molar-refractivity contribution in [2.24, 2.45) is 5.92 Å². The van der Waals surface area contributed by atoms with Crippen molar-refractivity contribution in [3.8, 4) is 6.07 Å². The highest BCUT2D eigenvalue weighted by atomic mass is 32.1. The molecular formula is C8H9N3OS. The van der Waals surface area contributed by atoms with Crippen LogP contribution in [-0.2, 0) is 11.2 Å². The summed E-state index contributed by atoms with van der Waals surface area (Å²) >= 11 is 1.03. The molecule has 0 saturated heterocycles. The summed E-state index contributed by atoms with van der Waals surface area (Å²) in [7, 11) is 0. The molecule has 1 rings (SSSR count). The van der Waals surface area contributed by atoms with Crippen molar-refractivity contribution in [3.05, 3.63) is 10.8 Å². The van der Waals surface area contributed by atoms with Gasteiger partial charge in [0.05, 0.1) is 6.42 Å². The average molecular weight is 195 g/mol. The molecule has 0 spiro atoms. The summed E-state index contributed by atoms with van der Waals surface area (Å²) in [5.74, 6) is 0.552. The zero-order valence-corrected chi connectivity index (χ0v) is 8.26. The number of ketones is 1. The summed E-state index contributed by atoms with van der Waals surface area (Å²) in [6, 6.07) is 1.88. The van der Waals surface area contributed by atoms with E-state index in [9.17, 15) is 4.79 Å². The smallest absolute Gasteiger partial charge is 0.214 e. The van der Waals surface area contributed by atoms with Gasteiger partial charge < -0.3 is 0 Å². The van der Waals surface area contributed by atoms with Gasteiger partial charge in [-0.1, -0.05) is 13.8 Å². The lowest BCUT2D eigenvalue weighted by molar-refractivity contribution is -0.121. The normalized spacial score (nSPS) is 10.0. The molecule has 13 heavy (non-hydrogen) atoms. The summed E-state index contributed by atoms with van der Waals surface area (Å²) in [4.78, 5) is 15.1. The van der Waals surface area contributed by atoms with E-state index in [1.807, 2.05) is 19.9 Å². The lowest BCUT2D eigenvalue weighted by Crippen LogP contribution is -2.11. The van der Waals surface area contributed by atoms with Gasteiger partial charge in [-0.05, 0) is 11.5 Å². The first kappa shape index (κ1) is 9.81. The summed E-state index contributed by atoms with van der Waals surface area (Å²) in [6.07, 6.45) is 0.232. The minimum absolute atomic E-state index is 0.00552. The van der Waals surface area contributed by atoms with E-state index in [0.29, 0.717) is 10.8 Å². The fraction of sp³-hybridized carbons (Fsp3) is 0.500.